The van der Waals surface area contributed by atoms with Crippen LogP contribution in [-0.2, 0) is 11.8 Å². The van der Waals surface area contributed by atoms with E-state index < -0.39 is 0 Å². The average molecular weight is 351 g/mol. The Morgan fingerprint density at radius 3 is 2.58 bits per heavy atom. The quantitative estimate of drug-likeness (QED) is 0.713. The second kappa shape index (κ2) is 6.29. The molecule has 2 atom stereocenters. The van der Waals surface area contributed by atoms with E-state index in [2.05, 4.69) is 10.9 Å². The van der Waals surface area contributed by atoms with E-state index in [-0.39, 0.29) is 29.5 Å². The van der Waals surface area contributed by atoms with Crippen molar-refractivity contribution in [2.75, 3.05) is 0 Å². The number of nitrogens with zero attached hydrogens (tertiary/aromatic N) is 1. The molecular weight excluding hydrogens is 333 g/mol. The molecule has 0 bridgehead atoms. The molecule has 6 heteroatoms. The molecule has 1 heterocycles. The second-order valence-corrected chi connectivity index (χ2v) is 6.61. The molecule has 132 valence electrons. The van der Waals surface area contributed by atoms with Crippen molar-refractivity contribution in [2.45, 2.75) is 12.3 Å². The monoisotopic (exact) mass is 351 g/mol. The Balaban J connectivity index is 1.39. The molecule has 2 amide bonds. The van der Waals surface area contributed by atoms with Crippen LogP contribution in [0.3, 0.4) is 0 Å². The summed E-state index contributed by atoms with van der Waals surface area (Å²) in [6.07, 6.45) is 2.44. The van der Waals surface area contributed by atoms with Gasteiger partial charge in [-0.05, 0) is 36.1 Å². The predicted octanol–water partition coefficient (Wildman–Crippen LogP) is 2.88. The van der Waals surface area contributed by atoms with Gasteiger partial charge in [-0.3, -0.25) is 20.4 Å². The molecule has 1 aliphatic carbocycles. The SMILES string of the molecule is Cn1cc(C(=O)NNC(=O)C2CC2c2ccc(F)cc2)c2ccccc21. The van der Waals surface area contributed by atoms with Crippen molar-refractivity contribution in [3.05, 3.63) is 71.7 Å². The van der Waals surface area contributed by atoms with E-state index >= 15 is 0 Å². The van der Waals surface area contributed by atoms with Gasteiger partial charge < -0.3 is 4.57 Å². The minimum atomic E-state index is -0.353. The van der Waals surface area contributed by atoms with E-state index in [0.29, 0.717) is 12.0 Å². The van der Waals surface area contributed by atoms with Crippen molar-refractivity contribution < 1.29 is 14.0 Å². The third-order valence-corrected chi connectivity index (χ3v) is 4.87. The van der Waals surface area contributed by atoms with Gasteiger partial charge in [0, 0.05) is 30.1 Å². The largest absolute Gasteiger partial charge is 0.350 e. The van der Waals surface area contributed by atoms with Crippen LogP contribution in [-0.4, -0.2) is 16.4 Å². The van der Waals surface area contributed by atoms with Crippen LogP contribution in [0.2, 0.25) is 0 Å². The number of nitrogens with one attached hydrogen (secondary N) is 2. The third-order valence-electron chi connectivity index (χ3n) is 4.87. The number of benzene rings is 2. The molecule has 0 radical (unpaired) electrons. The zero-order chi connectivity index (χ0) is 18.3. The maximum absolute atomic E-state index is 13.0. The molecule has 1 aromatic heterocycles. The summed E-state index contributed by atoms with van der Waals surface area (Å²) in [7, 11) is 1.87. The molecular formula is C20H18FN3O2. The van der Waals surface area contributed by atoms with E-state index in [1.807, 2.05) is 35.9 Å². The smallest absolute Gasteiger partial charge is 0.271 e. The Labute approximate surface area is 149 Å². The first-order chi connectivity index (χ1) is 12.5. The lowest BCUT2D eigenvalue weighted by molar-refractivity contribution is -0.123. The van der Waals surface area contributed by atoms with E-state index in [0.717, 1.165) is 16.5 Å². The topological polar surface area (TPSA) is 63.1 Å². The standard InChI is InChI=1S/C20H18FN3O2/c1-24-11-17(14-4-2-3-5-18(14)24)20(26)23-22-19(25)16-10-15(16)12-6-8-13(21)9-7-12/h2-9,11,15-16H,10H2,1H3,(H,22,25)(H,23,26). The number of carbonyl (C=O) groups excluding carboxylic acids is 2. The molecule has 0 saturated heterocycles. The van der Waals surface area contributed by atoms with Gasteiger partial charge in [0.2, 0.25) is 5.91 Å². The maximum Gasteiger partial charge on any atom is 0.271 e. The Morgan fingerprint density at radius 1 is 1.08 bits per heavy atom. The number of halogens is 1. The highest BCUT2D eigenvalue weighted by Crippen LogP contribution is 2.47. The first kappa shape index (κ1) is 16.3. The number of hydrogen-bond donors (Lipinski definition) is 2. The zero-order valence-corrected chi connectivity index (χ0v) is 14.2. The van der Waals surface area contributed by atoms with E-state index in [9.17, 15) is 14.0 Å². The van der Waals surface area contributed by atoms with E-state index in [1.54, 1.807) is 18.3 Å². The zero-order valence-electron chi connectivity index (χ0n) is 14.2. The summed E-state index contributed by atoms with van der Waals surface area (Å²) in [6, 6.07) is 13.8. The summed E-state index contributed by atoms with van der Waals surface area (Å²) in [5, 5.41) is 0.831. The number of aryl methyl sites for hydroxylation is 1. The van der Waals surface area contributed by atoms with Gasteiger partial charge in [-0.25, -0.2) is 4.39 Å². The van der Waals surface area contributed by atoms with Crippen LogP contribution in [0.4, 0.5) is 4.39 Å². The first-order valence-electron chi connectivity index (χ1n) is 8.44. The van der Waals surface area contributed by atoms with Crippen LogP contribution >= 0.6 is 0 Å². The lowest BCUT2D eigenvalue weighted by Crippen LogP contribution is -2.42. The molecule has 4 rings (SSSR count). The molecule has 1 saturated carbocycles. The Kier molecular flexibility index (Phi) is 3.95. The molecule has 2 unspecified atom stereocenters. The highest BCUT2D eigenvalue weighted by molar-refractivity contribution is 6.07. The van der Waals surface area contributed by atoms with Crippen molar-refractivity contribution in [1.82, 2.24) is 15.4 Å². The van der Waals surface area contributed by atoms with Crippen molar-refractivity contribution in [2.24, 2.45) is 13.0 Å². The van der Waals surface area contributed by atoms with Crippen LogP contribution in [0.5, 0.6) is 0 Å². The van der Waals surface area contributed by atoms with Crippen molar-refractivity contribution >= 4 is 22.7 Å². The molecule has 0 spiro atoms. The van der Waals surface area contributed by atoms with Gasteiger partial charge in [0.25, 0.3) is 5.91 Å². The van der Waals surface area contributed by atoms with Crippen LogP contribution in [0, 0.1) is 11.7 Å². The molecule has 5 nitrogen and oxygen atoms in total. The van der Waals surface area contributed by atoms with E-state index in [1.165, 1.54) is 12.1 Å². The number of amides is 2. The lowest BCUT2D eigenvalue weighted by atomic mass is 10.1. The maximum atomic E-state index is 13.0. The van der Waals surface area contributed by atoms with Gasteiger partial charge in [-0.2, -0.15) is 0 Å². The highest BCUT2D eigenvalue weighted by atomic mass is 19.1. The van der Waals surface area contributed by atoms with Gasteiger partial charge in [-0.15, -0.1) is 0 Å². The molecule has 0 aliphatic heterocycles. The molecule has 2 aromatic carbocycles. The van der Waals surface area contributed by atoms with Crippen molar-refractivity contribution in [1.29, 1.82) is 0 Å². The van der Waals surface area contributed by atoms with Crippen molar-refractivity contribution in [3.8, 4) is 0 Å². The fourth-order valence-corrected chi connectivity index (χ4v) is 3.36. The van der Waals surface area contributed by atoms with Gasteiger partial charge in [-0.1, -0.05) is 30.3 Å². The van der Waals surface area contributed by atoms with Crippen LogP contribution < -0.4 is 10.9 Å². The number of aromatic nitrogens is 1. The Bertz CT molecular complexity index is 994. The third kappa shape index (κ3) is 2.94. The molecule has 1 aliphatic rings. The number of rotatable bonds is 3. The summed E-state index contributed by atoms with van der Waals surface area (Å²) in [6.45, 7) is 0. The number of hydrogen-bond acceptors (Lipinski definition) is 2. The van der Waals surface area contributed by atoms with Gasteiger partial charge in [0.05, 0.1) is 5.56 Å². The van der Waals surface area contributed by atoms with Crippen molar-refractivity contribution in [3.63, 3.8) is 0 Å². The highest BCUT2D eigenvalue weighted by Gasteiger charge is 2.44. The molecule has 1 fully saturated rings. The minimum absolute atomic E-state index is 0.0741. The summed E-state index contributed by atoms with van der Waals surface area (Å²) >= 11 is 0. The van der Waals surface area contributed by atoms with E-state index in [4.69, 9.17) is 0 Å². The Hall–Kier alpha value is -3.15. The van der Waals surface area contributed by atoms with Crippen LogP contribution in [0.25, 0.3) is 10.9 Å². The van der Waals surface area contributed by atoms with Gasteiger partial charge >= 0.3 is 0 Å². The summed E-state index contributed by atoms with van der Waals surface area (Å²) < 4.78 is 14.9. The number of para-hydroxylation sites is 1. The predicted molar refractivity (Wildman–Crippen MR) is 95.8 cm³/mol. The number of fused-ring (bicyclic) bond motifs is 1. The van der Waals surface area contributed by atoms with Gasteiger partial charge in [0.15, 0.2) is 0 Å². The molecule has 3 aromatic rings. The first-order valence-corrected chi connectivity index (χ1v) is 8.44. The minimum Gasteiger partial charge on any atom is -0.350 e. The second-order valence-electron chi connectivity index (χ2n) is 6.61. The number of carbonyl (C=O) groups is 2. The van der Waals surface area contributed by atoms with Gasteiger partial charge in [0.1, 0.15) is 5.82 Å². The normalized spacial score (nSPS) is 18.5. The fraction of sp³-hybridized carbons (Fsp3) is 0.200. The van der Waals surface area contributed by atoms with Crippen LogP contribution in [0.1, 0.15) is 28.3 Å². The number of hydrazine groups is 1. The average Bonchev–Trinajstić information content (AvgIpc) is 3.38. The molecule has 2 N–H and O–H groups in total. The Morgan fingerprint density at radius 2 is 1.81 bits per heavy atom. The lowest BCUT2D eigenvalue weighted by Gasteiger charge is -2.07. The molecule has 26 heavy (non-hydrogen) atoms. The fourth-order valence-electron chi connectivity index (χ4n) is 3.36. The summed E-state index contributed by atoms with van der Waals surface area (Å²) in [4.78, 5) is 24.7. The summed E-state index contributed by atoms with van der Waals surface area (Å²) in [5.74, 6) is -1.00. The van der Waals surface area contributed by atoms with Crippen LogP contribution in [0.15, 0.2) is 54.7 Å². The summed E-state index contributed by atoms with van der Waals surface area (Å²) in [5.41, 5.74) is 7.39.